The second-order valence-electron chi connectivity index (χ2n) is 6.42. The van der Waals surface area contributed by atoms with Crippen LogP contribution in [0.15, 0.2) is 42.5 Å². The molecule has 1 fully saturated rings. The summed E-state index contributed by atoms with van der Waals surface area (Å²) in [5.41, 5.74) is 2.56. The quantitative estimate of drug-likeness (QED) is 0.821. The van der Waals surface area contributed by atoms with Crippen molar-refractivity contribution in [3.8, 4) is 17.2 Å². The molecule has 1 saturated carbocycles. The fraction of sp³-hybridized carbons (Fsp3) is 0.400. The summed E-state index contributed by atoms with van der Waals surface area (Å²) in [4.78, 5) is 0. The minimum Gasteiger partial charge on any atom is -0.497 e. The van der Waals surface area contributed by atoms with Gasteiger partial charge in [-0.3, -0.25) is 0 Å². The van der Waals surface area contributed by atoms with Crippen LogP contribution in [-0.2, 0) is 0 Å². The lowest BCUT2D eigenvalue weighted by atomic mass is 9.80. The van der Waals surface area contributed by atoms with Crippen LogP contribution >= 0.6 is 0 Å². The molecule has 2 aromatic rings. The fourth-order valence-electron chi connectivity index (χ4n) is 4.12. The largest absolute Gasteiger partial charge is 0.497 e. The lowest BCUT2D eigenvalue weighted by molar-refractivity contribution is 0.104. The highest BCUT2D eigenvalue weighted by Crippen LogP contribution is 2.54. The molecule has 3 heteroatoms. The zero-order valence-electron chi connectivity index (χ0n) is 13.6. The van der Waals surface area contributed by atoms with E-state index in [4.69, 9.17) is 14.2 Å². The number of fused-ring (bicyclic) bond motifs is 3. The van der Waals surface area contributed by atoms with Gasteiger partial charge in [-0.2, -0.15) is 0 Å². The molecule has 3 atom stereocenters. The van der Waals surface area contributed by atoms with E-state index in [-0.39, 0.29) is 6.10 Å². The molecule has 4 rings (SSSR count). The van der Waals surface area contributed by atoms with Crippen LogP contribution in [0.2, 0.25) is 0 Å². The van der Waals surface area contributed by atoms with E-state index >= 15 is 0 Å². The van der Waals surface area contributed by atoms with Gasteiger partial charge in [-0.05, 0) is 54.7 Å². The molecule has 1 heterocycles. The SMILES string of the molecule is COc1ccc([C@H]2Oc3ccc(OC)cc3[C@H]3CCC[C@H]32)cc1. The number of hydrogen-bond acceptors (Lipinski definition) is 3. The first kappa shape index (κ1) is 14.4. The van der Waals surface area contributed by atoms with Gasteiger partial charge in [0.2, 0.25) is 0 Å². The molecule has 0 unspecified atom stereocenters. The van der Waals surface area contributed by atoms with Crippen molar-refractivity contribution in [3.05, 3.63) is 53.6 Å². The van der Waals surface area contributed by atoms with Gasteiger partial charge in [-0.15, -0.1) is 0 Å². The summed E-state index contributed by atoms with van der Waals surface area (Å²) in [6.07, 6.45) is 3.86. The zero-order chi connectivity index (χ0) is 15.8. The molecule has 0 aromatic heterocycles. The normalized spacial score (nSPS) is 25.2. The summed E-state index contributed by atoms with van der Waals surface area (Å²) in [6, 6.07) is 14.5. The minimum absolute atomic E-state index is 0.134. The Morgan fingerprint density at radius 2 is 1.65 bits per heavy atom. The predicted octanol–water partition coefficient (Wildman–Crippen LogP) is 4.72. The highest BCUT2D eigenvalue weighted by molar-refractivity contribution is 5.46. The number of hydrogen-bond donors (Lipinski definition) is 0. The second kappa shape index (κ2) is 5.80. The van der Waals surface area contributed by atoms with Crippen molar-refractivity contribution in [2.24, 2.45) is 5.92 Å². The Balaban J connectivity index is 1.71. The van der Waals surface area contributed by atoms with Gasteiger partial charge in [0, 0.05) is 11.5 Å². The van der Waals surface area contributed by atoms with Crippen molar-refractivity contribution >= 4 is 0 Å². The molecule has 120 valence electrons. The van der Waals surface area contributed by atoms with Crippen molar-refractivity contribution < 1.29 is 14.2 Å². The summed E-state index contributed by atoms with van der Waals surface area (Å²) in [5, 5.41) is 0. The fourth-order valence-corrected chi connectivity index (χ4v) is 4.12. The Hall–Kier alpha value is -2.16. The summed E-state index contributed by atoms with van der Waals surface area (Å²) < 4.78 is 17.1. The molecule has 3 nitrogen and oxygen atoms in total. The summed E-state index contributed by atoms with van der Waals surface area (Å²) >= 11 is 0. The van der Waals surface area contributed by atoms with Crippen LogP contribution < -0.4 is 14.2 Å². The third kappa shape index (κ3) is 2.44. The van der Waals surface area contributed by atoms with Crippen LogP contribution in [0, 0.1) is 5.92 Å². The van der Waals surface area contributed by atoms with Gasteiger partial charge in [-0.25, -0.2) is 0 Å². The highest BCUT2D eigenvalue weighted by Gasteiger charge is 2.42. The van der Waals surface area contributed by atoms with Crippen molar-refractivity contribution in [1.82, 2.24) is 0 Å². The maximum Gasteiger partial charge on any atom is 0.127 e. The van der Waals surface area contributed by atoms with Gasteiger partial charge in [0.15, 0.2) is 0 Å². The maximum atomic E-state index is 6.41. The van der Waals surface area contributed by atoms with Gasteiger partial charge in [0.05, 0.1) is 14.2 Å². The molecule has 23 heavy (non-hydrogen) atoms. The predicted molar refractivity (Wildman–Crippen MR) is 89.4 cm³/mol. The van der Waals surface area contributed by atoms with E-state index in [9.17, 15) is 0 Å². The van der Waals surface area contributed by atoms with E-state index in [0.717, 1.165) is 17.2 Å². The first-order valence-electron chi connectivity index (χ1n) is 8.28. The monoisotopic (exact) mass is 310 g/mol. The molecule has 0 spiro atoms. The van der Waals surface area contributed by atoms with Gasteiger partial charge >= 0.3 is 0 Å². The maximum absolute atomic E-state index is 6.41. The van der Waals surface area contributed by atoms with E-state index in [1.54, 1.807) is 14.2 Å². The molecule has 0 bridgehead atoms. The Morgan fingerprint density at radius 3 is 2.39 bits per heavy atom. The third-order valence-electron chi connectivity index (χ3n) is 5.27. The summed E-state index contributed by atoms with van der Waals surface area (Å²) in [7, 11) is 3.42. The molecule has 1 aliphatic carbocycles. The number of methoxy groups -OCH3 is 2. The molecule has 2 aromatic carbocycles. The smallest absolute Gasteiger partial charge is 0.127 e. The molecule has 2 aliphatic rings. The van der Waals surface area contributed by atoms with Crippen molar-refractivity contribution in [2.75, 3.05) is 14.2 Å². The Kier molecular flexibility index (Phi) is 3.64. The molecular weight excluding hydrogens is 288 g/mol. The topological polar surface area (TPSA) is 27.7 Å². The van der Waals surface area contributed by atoms with Crippen molar-refractivity contribution in [2.45, 2.75) is 31.3 Å². The van der Waals surface area contributed by atoms with E-state index in [2.05, 4.69) is 24.3 Å². The van der Waals surface area contributed by atoms with E-state index in [0.29, 0.717) is 11.8 Å². The molecule has 1 aliphatic heterocycles. The minimum atomic E-state index is 0.134. The van der Waals surface area contributed by atoms with Gasteiger partial charge in [0.25, 0.3) is 0 Å². The average molecular weight is 310 g/mol. The van der Waals surface area contributed by atoms with Crippen molar-refractivity contribution in [3.63, 3.8) is 0 Å². The lowest BCUT2D eigenvalue weighted by Crippen LogP contribution is -2.26. The zero-order valence-corrected chi connectivity index (χ0v) is 13.6. The molecule has 0 saturated heterocycles. The lowest BCUT2D eigenvalue weighted by Gasteiger charge is -2.36. The van der Waals surface area contributed by atoms with Crippen molar-refractivity contribution in [1.29, 1.82) is 0 Å². The number of ether oxygens (including phenoxy) is 3. The van der Waals surface area contributed by atoms with Crippen LogP contribution in [0.5, 0.6) is 17.2 Å². The van der Waals surface area contributed by atoms with Gasteiger partial charge in [0.1, 0.15) is 23.4 Å². The number of rotatable bonds is 3. The van der Waals surface area contributed by atoms with E-state index in [1.165, 1.54) is 30.4 Å². The second-order valence-corrected chi connectivity index (χ2v) is 6.42. The van der Waals surface area contributed by atoms with E-state index < -0.39 is 0 Å². The Morgan fingerprint density at radius 1 is 0.913 bits per heavy atom. The molecule has 0 N–H and O–H groups in total. The summed E-state index contributed by atoms with van der Waals surface area (Å²) in [6.45, 7) is 0. The molecule has 0 radical (unpaired) electrons. The molecule has 0 amide bonds. The first-order chi connectivity index (χ1) is 11.3. The number of benzene rings is 2. The summed E-state index contributed by atoms with van der Waals surface area (Å²) in [5.74, 6) is 3.93. The van der Waals surface area contributed by atoms with Crippen LogP contribution in [0.3, 0.4) is 0 Å². The Bertz CT molecular complexity index is 693. The first-order valence-corrected chi connectivity index (χ1v) is 8.28. The highest BCUT2D eigenvalue weighted by atomic mass is 16.5. The van der Waals surface area contributed by atoms with Crippen LogP contribution in [-0.4, -0.2) is 14.2 Å². The standard InChI is InChI=1S/C20H22O3/c1-21-14-8-6-13(7-9-14)20-17-5-3-4-16(17)18-12-15(22-2)10-11-19(18)23-20/h6-12,16-17,20H,3-5H2,1-2H3/t16-,17+,20+/m0/s1. The average Bonchev–Trinajstić information content (AvgIpc) is 3.11. The van der Waals surface area contributed by atoms with Gasteiger partial charge < -0.3 is 14.2 Å². The third-order valence-corrected chi connectivity index (χ3v) is 5.27. The van der Waals surface area contributed by atoms with Crippen LogP contribution in [0.4, 0.5) is 0 Å². The van der Waals surface area contributed by atoms with E-state index in [1.807, 2.05) is 18.2 Å². The van der Waals surface area contributed by atoms with Crippen LogP contribution in [0.25, 0.3) is 0 Å². The van der Waals surface area contributed by atoms with Gasteiger partial charge in [-0.1, -0.05) is 18.6 Å². The van der Waals surface area contributed by atoms with Crippen LogP contribution in [0.1, 0.15) is 42.4 Å². The Labute approximate surface area is 137 Å². The molecular formula is C20H22O3.